The van der Waals surface area contributed by atoms with Gasteiger partial charge < -0.3 is 14.6 Å². The Balaban J connectivity index is 4.66. The van der Waals surface area contributed by atoms with E-state index in [1.54, 1.807) is 6.92 Å². The number of esters is 1. The smallest absolute Gasteiger partial charge is 0.323 e. The van der Waals surface area contributed by atoms with Gasteiger partial charge in [0.1, 0.15) is 5.78 Å². The largest absolute Gasteiger partial charge is 0.480 e. The Hall–Kier alpha value is -1.39. The maximum absolute atomic E-state index is 11.4. The predicted octanol–water partition coefficient (Wildman–Crippen LogP) is 1.01. The highest BCUT2D eigenvalue weighted by atomic mass is 16.5. The summed E-state index contributed by atoms with van der Waals surface area (Å²) in [5.41, 5.74) is -1.62. The molecule has 0 spiro atoms. The molecule has 1 atom stereocenters. The molecule has 0 aliphatic carbocycles. The Morgan fingerprint density at radius 2 is 1.87 bits per heavy atom. The Bertz CT molecular complexity index is 271. The fraction of sp³-hybridized carbons (Fsp3) is 0.700. The number of carbonyl (C=O) groups excluding carboxylic acids is 2. The van der Waals surface area contributed by atoms with Crippen molar-refractivity contribution in [3.8, 4) is 0 Å². The summed E-state index contributed by atoms with van der Waals surface area (Å²) < 4.78 is 4.67. The lowest BCUT2D eigenvalue weighted by atomic mass is 9.85. The van der Waals surface area contributed by atoms with Crippen molar-refractivity contribution in [3.63, 3.8) is 0 Å². The van der Waals surface area contributed by atoms with Gasteiger partial charge in [-0.25, -0.2) is 0 Å². The van der Waals surface area contributed by atoms with Crippen molar-refractivity contribution in [2.45, 2.75) is 33.6 Å². The third kappa shape index (κ3) is 3.69. The number of aliphatic carboxylic acids is 1. The maximum atomic E-state index is 11.4. The lowest BCUT2D eigenvalue weighted by molar-refractivity contribution is -0.167. The van der Waals surface area contributed by atoms with E-state index in [0.717, 1.165) is 0 Å². The van der Waals surface area contributed by atoms with Gasteiger partial charge in [0, 0.05) is 6.42 Å². The summed E-state index contributed by atoms with van der Waals surface area (Å²) in [7, 11) is 0. The first-order valence-electron chi connectivity index (χ1n) is 4.74. The van der Waals surface area contributed by atoms with Gasteiger partial charge in [0.05, 0.1) is 6.61 Å². The number of ether oxygens (including phenoxy) is 1. The maximum Gasteiger partial charge on any atom is 0.323 e. The number of hydrogen-bond donors (Lipinski definition) is 1. The molecule has 15 heavy (non-hydrogen) atoms. The second kappa shape index (κ2) is 5.48. The first-order valence-corrected chi connectivity index (χ1v) is 4.74. The number of carboxylic acids is 1. The van der Waals surface area contributed by atoms with Crippen LogP contribution in [-0.4, -0.2) is 29.4 Å². The van der Waals surface area contributed by atoms with Crippen molar-refractivity contribution in [1.29, 1.82) is 0 Å². The highest BCUT2D eigenvalue weighted by Gasteiger charge is 2.42. The number of rotatable bonds is 6. The minimum Gasteiger partial charge on any atom is -0.480 e. The summed E-state index contributed by atoms with van der Waals surface area (Å²) in [4.78, 5) is 33.1. The van der Waals surface area contributed by atoms with Crippen LogP contribution in [0, 0.1) is 5.41 Å². The van der Waals surface area contributed by atoms with Crippen molar-refractivity contribution in [2.75, 3.05) is 6.61 Å². The van der Waals surface area contributed by atoms with Gasteiger partial charge in [0.15, 0.2) is 5.41 Å². The quantitative estimate of drug-likeness (QED) is 0.529. The molecule has 0 radical (unpaired) electrons. The monoisotopic (exact) mass is 216 g/mol. The molecular weight excluding hydrogens is 200 g/mol. The molecule has 0 aromatic carbocycles. The molecule has 0 heterocycles. The third-order valence-electron chi connectivity index (χ3n) is 2.18. The van der Waals surface area contributed by atoms with Gasteiger partial charge in [0.25, 0.3) is 0 Å². The van der Waals surface area contributed by atoms with Crippen LogP contribution < -0.4 is 0 Å². The van der Waals surface area contributed by atoms with Crippen LogP contribution in [0.1, 0.15) is 33.6 Å². The average molecular weight is 216 g/mol. The van der Waals surface area contributed by atoms with Gasteiger partial charge in [-0.2, -0.15) is 0 Å². The summed E-state index contributed by atoms with van der Waals surface area (Å²) in [6.45, 7) is 4.36. The van der Waals surface area contributed by atoms with E-state index in [-0.39, 0.29) is 25.2 Å². The summed E-state index contributed by atoms with van der Waals surface area (Å²) in [6.07, 6.45) is 0.0259. The van der Waals surface area contributed by atoms with E-state index in [0.29, 0.717) is 0 Å². The summed E-state index contributed by atoms with van der Waals surface area (Å²) in [6, 6.07) is 0. The number of ketones is 1. The van der Waals surface area contributed by atoms with Gasteiger partial charge in [-0.1, -0.05) is 0 Å². The lowest BCUT2D eigenvalue weighted by Gasteiger charge is -2.21. The van der Waals surface area contributed by atoms with Crippen molar-refractivity contribution < 1.29 is 24.2 Å². The Morgan fingerprint density at radius 1 is 1.33 bits per heavy atom. The SMILES string of the molecule is CCOC(=O)[C@](C)(CCC(C)=O)C(=O)O. The molecule has 0 aromatic rings. The molecule has 0 fully saturated rings. The first-order chi connectivity index (χ1) is 6.84. The predicted molar refractivity (Wildman–Crippen MR) is 52.3 cm³/mol. The van der Waals surface area contributed by atoms with Gasteiger partial charge in [-0.05, 0) is 27.2 Å². The Labute approximate surface area is 88.4 Å². The fourth-order valence-electron chi connectivity index (χ4n) is 1.01. The second-order valence-corrected chi connectivity index (χ2v) is 3.56. The first kappa shape index (κ1) is 13.6. The number of carbonyl (C=O) groups is 3. The average Bonchev–Trinajstić information content (AvgIpc) is 2.14. The normalized spacial score (nSPS) is 14.1. The molecule has 0 aliphatic heterocycles. The molecule has 5 heteroatoms. The standard InChI is InChI=1S/C10H16O5/c1-4-15-9(14)10(3,8(12)13)6-5-7(2)11/h4-6H2,1-3H3,(H,12,13)/t10-/m1/s1. The van der Waals surface area contributed by atoms with Crippen molar-refractivity contribution in [3.05, 3.63) is 0 Å². The number of Topliss-reactive ketones (excluding diaryl/α,β-unsaturated/α-hetero) is 1. The molecule has 0 saturated carbocycles. The molecule has 0 aliphatic rings. The molecule has 0 bridgehead atoms. The van der Waals surface area contributed by atoms with E-state index >= 15 is 0 Å². The molecule has 1 N–H and O–H groups in total. The van der Waals surface area contributed by atoms with E-state index in [4.69, 9.17) is 5.11 Å². The lowest BCUT2D eigenvalue weighted by Crippen LogP contribution is -2.38. The van der Waals surface area contributed by atoms with E-state index in [1.807, 2.05) is 0 Å². The zero-order valence-electron chi connectivity index (χ0n) is 9.20. The van der Waals surface area contributed by atoms with Crippen LogP contribution in [0.25, 0.3) is 0 Å². The van der Waals surface area contributed by atoms with Gasteiger partial charge >= 0.3 is 11.9 Å². The highest BCUT2D eigenvalue weighted by molar-refractivity contribution is 5.99. The highest BCUT2D eigenvalue weighted by Crippen LogP contribution is 2.25. The second-order valence-electron chi connectivity index (χ2n) is 3.56. The summed E-state index contributed by atoms with van der Waals surface area (Å²) >= 11 is 0. The number of hydrogen-bond acceptors (Lipinski definition) is 4. The fourth-order valence-corrected chi connectivity index (χ4v) is 1.01. The van der Waals surface area contributed by atoms with Gasteiger partial charge in [-0.15, -0.1) is 0 Å². The summed E-state index contributed by atoms with van der Waals surface area (Å²) in [5, 5.41) is 8.93. The van der Waals surface area contributed by atoms with Crippen LogP contribution in [0.4, 0.5) is 0 Å². The topological polar surface area (TPSA) is 80.7 Å². The summed E-state index contributed by atoms with van der Waals surface area (Å²) in [5.74, 6) is -2.20. The van der Waals surface area contributed by atoms with Gasteiger partial charge in [-0.3, -0.25) is 9.59 Å². The van der Waals surface area contributed by atoms with Crippen molar-refractivity contribution >= 4 is 17.7 Å². The van der Waals surface area contributed by atoms with Crippen LogP contribution in [0.2, 0.25) is 0 Å². The molecule has 86 valence electrons. The van der Waals surface area contributed by atoms with E-state index in [2.05, 4.69) is 4.74 Å². The van der Waals surface area contributed by atoms with Crippen LogP contribution >= 0.6 is 0 Å². The molecule has 0 aromatic heterocycles. The minimum absolute atomic E-state index is 0.0312. The number of carboxylic acid groups (broad SMARTS) is 1. The van der Waals surface area contributed by atoms with E-state index in [1.165, 1.54) is 13.8 Å². The van der Waals surface area contributed by atoms with E-state index < -0.39 is 17.4 Å². The molecule has 0 rings (SSSR count). The molecule has 5 nitrogen and oxygen atoms in total. The Morgan fingerprint density at radius 3 is 2.20 bits per heavy atom. The van der Waals surface area contributed by atoms with Crippen LogP contribution in [-0.2, 0) is 19.1 Å². The molecular formula is C10H16O5. The van der Waals surface area contributed by atoms with Crippen molar-refractivity contribution in [2.24, 2.45) is 5.41 Å². The molecule has 0 saturated heterocycles. The Kier molecular flexibility index (Phi) is 4.97. The van der Waals surface area contributed by atoms with Crippen LogP contribution in [0.3, 0.4) is 0 Å². The van der Waals surface area contributed by atoms with Crippen LogP contribution in [0.15, 0.2) is 0 Å². The minimum atomic E-state index is -1.62. The van der Waals surface area contributed by atoms with Crippen molar-refractivity contribution in [1.82, 2.24) is 0 Å². The third-order valence-corrected chi connectivity index (χ3v) is 2.18. The zero-order chi connectivity index (χ0) is 12.1. The van der Waals surface area contributed by atoms with Gasteiger partial charge in [0.2, 0.25) is 0 Å². The van der Waals surface area contributed by atoms with Crippen LogP contribution in [0.5, 0.6) is 0 Å². The molecule has 0 unspecified atom stereocenters. The van der Waals surface area contributed by atoms with E-state index in [9.17, 15) is 14.4 Å². The zero-order valence-corrected chi connectivity index (χ0v) is 9.20. The molecule has 0 amide bonds.